The van der Waals surface area contributed by atoms with Crippen LogP contribution in [0.5, 0.6) is 0 Å². The molecular weight excluding hydrogens is 226 g/mol. The fourth-order valence-electron chi connectivity index (χ4n) is 1.34. The first-order valence-electron chi connectivity index (χ1n) is 5.33. The van der Waals surface area contributed by atoms with E-state index in [1.165, 1.54) is 5.56 Å². The van der Waals surface area contributed by atoms with Crippen LogP contribution in [0.3, 0.4) is 0 Å². The lowest BCUT2D eigenvalue weighted by Crippen LogP contribution is -2.29. The molecular formula is C12H18ClNO2. The molecule has 0 heterocycles. The van der Waals surface area contributed by atoms with Crippen LogP contribution in [0.15, 0.2) is 24.3 Å². The van der Waals surface area contributed by atoms with Crippen molar-refractivity contribution in [2.24, 2.45) is 0 Å². The molecule has 4 heteroatoms. The van der Waals surface area contributed by atoms with Gasteiger partial charge >= 0.3 is 0 Å². The zero-order valence-corrected chi connectivity index (χ0v) is 10.5. The molecule has 1 N–H and O–H groups in total. The summed E-state index contributed by atoms with van der Waals surface area (Å²) in [6, 6.07) is 8.11. The molecule has 0 amide bonds. The summed E-state index contributed by atoms with van der Waals surface area (Å²) in [6.07, 6.45) is 0.907. The van der Waals surface area contributed by atoms with Crippen LogP contribution in [0, 0.1) is 0 Å². The predicted octanol–water partition coefficient (Wildman–Crippen LogP) is 2.44. The van der Waals surface area contributed by atoms with Crippen LogP contribution in [0.25, 0.3) is 0 Å². The van der Waals surface area contributed by atoms with E-state index in [9.17, 15) is 0 Å². The van der Waals surface area contributed by atoms with Gasteiger partial charge in [0, 0.05) is 18.2 Å². The lowest BCUT2D eigenvalue weighted by atomic mass is 10.1. The zero-order valence-electron chi connectivity index (χ0n) is 9.70. The van der Waals surface area contributed by atoms with Gasteiger partial charge in [-0.05, 0) is 31.0 Å². The minimum atomic E-state index is 0.262. The van der Waals surface area contributed by atoms with E-state index >= 15 is 0 Å². The molecule has 0 aliphatic carbocycles. The summed E-state index contributed by atoms with van der Waals surface area (Å²) in [4.78, 5) is 5.23. The van der Waals surface area contributed by atoms with Crippen molar-refractivity contribution >= 4 is 11.6 Å². The van der Waals surface area contributed by atoms with E-state index in [1.807, 2.05) is 24.3 Å². The van der Waals surface area contributed by atoms with Crippen LogP contribution in [0.2, 0.25) is 5.02 Å². The zero-order chi connectivity index (χ0) is 11.8. The first-order valence-corrected chi connectivity index (χ1v) is 5.71. The Kier molecular flexibility index (Phi) is 6.42. The Morgan fingerprint density at radius 3 is 2.56 bits per heavy atom. The molecule has 1 aromatic carbocycles. The normalized spacial score (nSPS) is 12.7. The largest absolute Gasteiger partial charge is 0.382 e. The number of halogens is 1. The maximum atomic E-state index is 5.81. The van der Waals surface area contributed by atoms with E-state index in [1.54, 1.807) is 7.11 Å². The van der Waals surface area contributed by atoms with Crippen LogP contribution in [-0.4, -0.2) is 26.4 Å². The summed E-state index contributed by atoms with van der Waals surface area (Å²) in [6.45, 7) is 3.23. The highest BCUT2D eigenvalue weighted by atomic mass is 35.5. The Morgan fingerprint density at radius 1 is 1.25 bits per heavy atom. The van der Waals surface area contributed by atoms with Crippen molar-refractivity contribution in [2.45, 2.75) is 19.4 Å². The maximum absolute atomic E-state index is 5.81. The third-order valence-corrected chi connectivity index (χ3v) is 2.38. The standard InChI is InChI=1S/C12H18ClNO2/c1-10(14-16-8-7-15-2)9-11-3-5-12(13)6-4-11/h3-6,10,14H,7-9H2,1-2H3. The average molecular weight is 244 g/mol. The van der Waals surface area contributed by atoms with E-state index in [0.717, 1.165) is 11.4 Å². The minimum Gasteiger partial charge on any atom is -0.382 e. The number of nitrogens with one attached hydrogen (secondary N) is 1. The van der Waals surface area contributed by atoms with E-state index in [0.29, 0.717) is 13.2 Å². The molecule has 0 aromatic heterocycles. The number of hydrogen-bond donors (Lipinski definition) is 1. The summed E-state index contributed by atoms with van der Waals surface area (Å²) >= 11 is 5.81. The van der Waals surface area contributed by atoms with E-state index in [4.69, 9.17) is 21.2 Å². The van der Waals surface area contributed by atoms with Crippen LogP contribution < -0.4 is 5.48 Å². The molecule has 1 atom stereocenters. The Labute approximate surface area is 102 Å². The average Bonchev–Trinajstić information content (AvgIpc) is 2.28. The van der Waals surface area contributed by atoms with Gasteiger partial charge in [-0.25, -0.2) is 0 Å². The van der Waals surface area contributed by atoms with Gasteiger partial charge in [0.2, 0.25) is 0 Å². The summed E-state index contributed by atoms with van der Waals surface area (Å²) in [5.41, 5.74) is 4.20. The van der Waals surface area contributed by atoms with Gasteiger partial charge in [-0.3, -0.25) is 4.84 Å². The fraction of sp³-hybridized carbons (Fsp3) is 0.500. The van der Waals surface area contributed by atoms with Crippen molar-refractivity contribution in [3.05, 3.63) is 34.9 Å². The molecule has 0 saturated carbocycles. The molecule has 0 spiro atoms. The number of rotatable bonds is 7. The van der Waals surface area contributed by atoms with Gasteiger partial charge in [0.15, 0.2) is 0 Å². The summed E-state index contributed by atoms with van der Waals surface area (Å²) in [5.74, 6) is 0. The molecule has 3 nitrogen and oxygen atoms in total. The Bertz CT molecular complexity index is 290. The SMILES string of the molecule is COCCONC(C)Cc1ccc(Cl)cc1. The molecule has 1 aromatic rings. The Balaban J connectivity index is 2.23. The number of methoxy groups -OCH3 is 1. The van der Waals surface area contributed by atoms with Gasteiger partial charge in [-0.15, -0.1) is 0 Å². The molecule has 0 aliphatic heterocycles. The Hall–Kier alpha value is -0.610. The van der Waals surface area contributed by atoms with Gasteiger partial charge in [0.25, 0.3) is 0 Å². The molecule has 1 unspecified atom stereocenters. The smallest absolute Gasteiger partial charge is 0.0915 e. The van der Waals surface area contributed by atoms with Gasteiger partial charge in [-0.2, -0.15) is 5.48 Å². The van der Waals surface area contributed by atoms with Crippen LogP contribution in [0.4, 0.5) is 0 Å². The first kappa shape index (κ1) is 13.5. The van der Waals surface area contributed by atoms with E-state index < -0.39 is 0 Å². The molecule has 0 fully saturated rings. The quantitative estimate of drug-likeness (QED) is 0.590. The van der Waals surface area contributed by atoms with Crippen LogP contribution >= 0.6 is 11.6 Å². The van der Waals surface area contributed by atoms with E-state index in [-0.39, 0.29) is 6.04 Å². The van der Waals surface area contributed by atoms with Crippen molar-refractivity contribution in [2.75, 3.05) is 20.3 Å². The number of ether oxygens (including phenoxy) is 1. The van der Waals surface area contributed by atoms with Gasteiger partial charge in [-0.1, -0.05) is 23.7 Å². The second-order valence-corrected chi connectivity index (χ2v) is 4.13. The third-order valence-electron chi connectivity index (χ3n) is 2.13. The lowest BCUT2D eigenvalue weighted by Gasteiger charge is -2.13. The lowest BCUT2D eigenvalue weighted by molar-refractivity contribution is -0.00863. The second-order valence-electron chi connectivity index (χ2n) is 3.69. The van der Waals surface area contributed by atoms with E-state index in [2.05, 4.69) is 12.4 Å². The molecule has 0 bridgehead atoms. The maximum Gasteiger partial charge on any atom is 0.0915 e. The van der Waals surface area contributed by atoms with Crippen molar-refractivity contribution in [1.29, 1.82) is 0 Å². The molecule has 90 valence electrons. The van der Waals surface area contributed by atoms with Gasteiger partial charge in [0.05, 0.1) is 13.2 Å². The highest BCUT2D eigenvalue weighted by Gasteiger charge is 2.02. The minimum absolute atomic E-state index is 0.262. The van der Waals surface area contributed by atoms with Gasteiger partial charge in [0.1, 0.15) is 0 Å². The summed E-state index contributed by atoms with van der Waals surface area (Å²) in [7, 11) is 1.65. The first-order chi connectivity index (χ1) is 7.72. The monoisotopic (exact) mass is 243 g/mol. The number of benzene rings is 1. The van der Waals surface area contributed by atoms with Crippen LogP contribution in [-0.2, 0) is 16.0 Å². The topological polar surface area (TPSA) is 30.5 Å². The summed E-state index contributed by atoms with van der Waals surface area (Å²) in [5, 5.41) is 0.765. The highest BCUT2D eigenvalue weighted by molar-refractivity contribution is 6.30. The summed E-state index contributed by atoms with van der Waals surface area (Å²) < 4.78 is 4.88. The molecule has 1 rings (SSSR count). The van der Waals surface area contributed by atoms with Crippen molar-refractivity contribution in [3.8, 4) is 0 Å². The van der Waals surface area contributed by atoms with Crippen molar-refractivity contribution < 1.29 is 9.57 Å². The van der Waals surface area contributed by atoms with Crippen molar-refractivity contribution in [3.63, 3.8) is 0 Å². The molecule has 16 heavy (non-hydrogen) atoms. The predicted molar refractivity (Wildman–Crippen MR) is 65.6 cm³/mol. The second kappa shape index (κ2) is 7.63. The van der Waals surface area contributed by atoms with Gasteiger partial charge < -0.3 is 4.74 Å². The Morgan fingerprint density at radius 2 is 1.94 bits per heavy atom. The highest BCUT2D eigenvalue weighted by Crippen LogP contribution is 2.10. The van der Waals surface area contributed by atoms with Crippen LogP contribution in [0.1, 0.15) is 12.5 Å². The fourth-order valence-corrected chi connectivity index (χ4v) is 1.47. The molecule has 0 radical (unpaired) electrons. The van der Waals surface area contributed by atoms with Crippen molar-refractivity contribution in [1.82, 2.24) is 5.48 Å². The third kappa shape index (κ3) is 5.47. The number of hydrogen-bond acceptors (Lipinski definition) is 3. The number of hydroxylamine groups is 1. The molecule has 0 aliphatic rings. The molecule has 0 saturated heterocycles.